The number of nitrogens with zero attached hydrogens (tertiary/aromatic N) is 2. The van der Waals surface area contributed by atoms with Gasteiger partial charge in [0.15, 0.2) is 0 Å². The van der Waals surface area contributed by atoms with E-state index in [1.807, 2.05) is 18.2 Å². The predicted octanol–water partition coefficient (Wildman–Crippen LogP) is 5.09. The lowest BCUT2D eigenvalue weighted by molar-refractivity contribution is 0.0491. The van der Waals surface area contributed by atoms with E-state index in [0.29, 0.717) is 16.9 Å². The quantitative estimate of drug-likeness (QED) is 0.331. The topological polar surface area (TPSA) is 78.4 Å². The van der Waals surface area contributed by atoms with Gasteiger partial charge >= 0.3 is 5.97 Å². The van der Waals surface area contributed by atoms with Crippen LogP contribution < -0.4 is 0 Å². The number of hydrogen-bond acceptors (Lipinski definition) is 7. The van der Waals surface area contributed by atoms with Gasteiger partial charge in [0, 0.05) is 16.7 Å². The van der Waals surface area contributed by atoms with E-state index in [1.165, 1.54) is 17.8 Å². The first-order chi connectivity index (χ1) is 13.7. The number of benzene rings is 2. The van der Waals surface area contributed by atoms with E-state index in [2.05, 4.69) is 10.2 Å². The summed E-state index contributed by atoms with van der Waals surface area (Å²) < 4.78 is 30.2. The minimum atomic E-state index is -0.521. The fraction of sp³-hybridized carbons (Fsp3) is 0.150. The van der Waals surface area contributed by atoms with Crippen molar-refractivity contribution < 1.29 is 22.8 Å². The van der Waals surface area contributed by atoms with Crippen LogP contribution in [0.25, 0.3) is 22.4 Å². The Bertz CT molecular complexity index is 1140. The Morgan fingerprint density at radius 2 is 1.89 bits per heavy atom. The van der Waals surface area contributed by atoms with Crippen molar-refractivity contribution in [2.75, 3.05) is 6.61 Å². The van der Waals surface area contributed by atoms with Gasteiger partial charge in [-0.1, -0.05) is 42.1 Å². The zero-order chi connectivity index (χ0) is 19.5. The third kappa shape index (κ3) is 3.50. The van der Waals surface area contributed by atoms with Crippen LogP contribution in [-0.2, 0) is 10.5 Å². The molecule has 0 amide bonds. The molecule has 4 aromatic rings. The minimum Gasteiger partial charge on any atom is -0.460 e. The van der Waals surface area contributed by atoms with Crippen LogP contribution in [0.3, 0.4) is 0 Å². The van der Waals surface area contributed by atoms with E-state index in [4.69, 9.17) is 13.6 Å². The summed E-state index contributed by atoms with van der Waals surface area (Å²) in [5.74, 6) is -0.350. The van der Waals surface area contributed by atoms with Gasteiger partial charge in [0.2, 0.25) is 5.76 Å². The fourth-order valence-corrected chi connectivity index (χ4v) is 3.54. The summed E-state index contributed by atoms with van der Waals surface area (Å²) >= 11 is 1.23. The molecule has 28 heavy (non-hydrogen) atoms. The molecule has 6 nitrogen and oxygen atoms in total. The zero-order valence-electron chi connectivity index (χ0n) is 14.8. The average molecular weight is 398 g/mol. The van der Waals surface area contributed by atoms with Crippen molar-refractivity contribution in [1.82, 2.24) is 10.2 Å². The fourth-order valence-electron chi connectivity index (χ4n) is 2.75. The molecule has 4 rings (SSSR count). The molecule has 0 aliphatic heterocycles. The summed E-state index contributed by atoms with van der Waals surface area (Å²) in [6.45, 7) is 1.98. The Morgan fingerprint density at radius 3 is 2.71 bits per heavy atom. The molecule has 0 radical (unpaired) electrons. The van der Waals surface area contributed by atoms with Crippen LogP contribution >= 0.6 is 11.8 Å². The van der Waals surface area contributed by atoms with Crippen LogP contribution in [0.1, 0.15) is 23.0 Å². The lowest BCUT2D eigenvalue weighted by Crippen LogP contribution is -2.05. The molecule has 0 N–H and O–H groups in total. The Labute approximate surface area is 163 Å². The summed E-state index contributed by atoms with van der Waals surface area (Å²) in [5, 5.41) is 8.94. The van der Waals surface area contributed by atoms with E-state index < -0.39 is 11.8 Å². The second-order valence-corrected chi connectivity index (χ2v) is 6.69. The van der Waals surface area contributed by atoms with Gasteiger partial charge in [0.25, 0.3) is 11.1 Å². The van der Waals surface area contributed by atoms with Crippen LogP contribution in [0.2, 0.25) is 0 Å². The zero-order valence-corrected chi connectivity index (χ0v) is 15.7. The van der Waals surface area contributed by atoms with Gasteiger partial charge in [0.1, 0.15) is 11.4 Å². The molecule has 0 unspecified atom stereocenters. The molecular formula is C20H15FN2O4S. The molecule has 2 aromatic carbocycles. The first-order valence-corrected chi connectivity index (χ1v) is 9.54. The van der Waals surface area contributed by atoms with Crippen LogP contribution in [0.4, 0.5) is 4.39 Å². The number of aromatic nitrogens is 2. The standard InChI is InChI=1S/C20H15FN2O4S/c1-2-25-19(24)17-14(12-7-4-6-10-16(12)26-17)11-28-20-23-22-18(27-20)13-8-3-5-9-15(13)21/h3-10H,2,11H2,1H3. The van der Waals surface area contributed by atoms with Crippen molar-refractivity contribution in [3.63, 3.8) is 0 Å². The van der Waals surface area contributed by atoms with Gasteiger partial charge in [0.05, 0.1) is 12.2 Å². The highest BCUT2D eigenvalue weighted by molar-refractivity contribution is 7.98. The van der Waals surface area contributed by atoms with E-state index in [1.54, 1.807) is 31.2 Å². The third-order valence-electron chi connectivity index (χ3n) is 4.01. The summed E-state index contributed by atoms with van der Waals surface area (Å²) in [7, 11) is 0. The van der Waals surface area contributed by atoms with Crippen molar-refractivity contribution in [3.8, 4) is 11.5 Å². The maximum Gasteiger partial charge on any atom is 0.374 e. The number of carbonyl (C=O) groups excluding carboxylic acids is 1. The Balaban J connectivity index is 1.60. The number of rotatable bonds is 6. The van der Waals surface area contributed by atoms with E-state index in [-0.39, 0.29) is 29.0 Å². The third-order valence-corrected chi connectivity index (χ3v) is 4.85. The first kappa shape index (κ1) is 18.2. The summed E-state index contributed by atoms with van der Waals surface area (Å²) in [5.41, 5.74) is 1.52. The summed E-state index contributed by atoms with van der Waals surface area (Å²) in [6.07, 6.45) is 0. The molecule has 2 aromatic heterocycles. The van der Waals surface area contributed by atoms with E-state index in [0.717, 1.165) is 5.39 Å². The number of ether oxygens (including phenoxy) is 1. The SMILES string of the molecule is CCOC(=O)c1oc2ccccc2c1CSc1nnc(-c2ccccc2F)o1. The predicted molar refractivity (Wildman–Crippen MR) is 101 cm³/mol. The van der Waals surface area contributed by atoms with Gasteiger partial charge in [-0.05, 0) is 25.1 Å². The van der Waals surface area contributed by atoms with E-state index >= 15 is 0 Å². The monoisotopic (exact) mass is 398 g/mol. The molecule has 0 spiro atoms. The molecular weight excluding hydrogens is 383 g/mol. The second kappa shape index (κ2) is 7.85. The number of carbonyl (C=O) groups is 1. The van der Waals surface area contributed by atoms with Gasteiger partial charge in [-0.25, -0.2) is 9.18 Å². The van der Waals surface area contributed by atoms with Crippen LogP contribution in [-0.4, -0.2) is 22.8 Å². The van der Waals surface area contributed by atoms with Crippen molar-refractivity contribution in [3.05, 3.63) is 65.7 Å². The largest absolute Gasteiger partial charge is 0.460 e. The van der Waals surface area contributed by atoms with Crippen LogP contribution in [0, 0.1) is 5.82 Å². The molecule has 0 aliphatic carbocycles. The molecule has 0 saturated heterocycles. The normalized spacial score (nSPS) is 11.1. The molecule has 0 saturated carbocycles. The minimum absolute atomic E-state index is 0.100. The Kier molecular flexibility index (Phi) is 5.12. The second-order valence-electron chi connectivity index (χ2n) is 5.77. The molecule has 0 atom stereocenters. The number of thioether (sulfide) groups is 1. The molecule has 0 aliphatic rings. The lowest BCUT2D eigenvalue weighted by atomic mass is 10.1. The average Bonchev–Trinajstić information content (AvgIpc) is 3.31. The summed E-state index contributed by atoms with van der Waals surface area (Å²) in [6, 6.07) is 13.5. The molecule has 0 fully saturated rings. The van der Waals surface area contributed by atoms with Crippen LogP contribution in [0.5, 0.6) is 0 Å². The van der Waals surface area contributed by atoms with Crippen molar-refractivity contribution in [1.29, 1.82) is 0 Å². The summed E-state index contributed by atoms with van der Waals surface area (Å²) in [4.78, 5) is 12.3. The first-order valence-electron chi connectivity index (χ1n) is 8.56. The number of hydrogen-bond donors (Lipinski definition) is 0. The Morgan fingerprint density at radius 1 is 1.11 bits per heavy atom. The highest BCUT2D eigenvalue weighted by atomic mass is 32.2. The number of fused-ring (bicyclic) bond motifs is 1. The van der Waals surface area contributed by atoms with Crippen molar-refractivity contribution >= 4 is 28.7 Å². The maximum absolute atomic E-state index is 13.9. The highest BCUT2D eigenvalue weighted by Crippen LogP contribution is 2.33. The highest BCUT2D eigenvalue weighted by Gasteiger charge is 2.22. The van der Waals surface area contributed by atoms with Crippen molar-refractivity contribution in [2.45, 2.75) is 17.9 Å². The molecule has 2 heterocycles. The number of para-hydroxylation sites is 1. The number of halogens is 1. The maximum atomic E-state index is 13.9. The van der Waals surface area contributed by atoms with Gasteiger partial charge in [-0.2, -0.15) is 0 Å². The smallest absolute Gasteiger partial charge is 0.374 e. The molecule has 142 valence electrons. The van der Waals surface area contributed by atoms with Gasteiger partial charge in [-0.3, -0.25) is 0 Å². The van der Waals surface area contributed by atoms with Crippen molar-refractivity contribution in [2.24, 2.45) is 0 Å². The number of esters is 1. The molecule has 0 bridgehead atoms. The lowest BCUT2D eigenvalue weighted by Gasteiger charge is -2.01. The number of furan rings is 1. The van der Waals surface area contributed by atoms with E-state index in [9.17, 15) is 9.18 Å². The van der Waals surface area contributed by atoms with Gasteiger partial charge in [-0.15, -0.1) is 10.2 Å². The van der Waals surface area contributed by atoms with Gasteiger partial charge < -0.3 is 13.6 Å². The van der Waals surface area contributed by atoms with Crippen LogP contribution in [0.15, 0.2) is 62.6 Å². The molecule has 8 heteroatoms. The Hall–Kier alpha value is -3.13.